The number of rotatable bonds is 3. The summed E-state index contributed by atoms with van der Waals surface area (Å²) in [5.74, 6) is 0.459. The van der Waals surface area contributed by atoms with Crippen LogP contribution in [0.2, 0.25) is 0 Å². The lowest BCUT2D eigenvalue weighted by molar-refractivity contribution is -0.0123. The highest BCUT2D eigenvalue weighted by atomic mass is 19.1. The minimum atomic E-state index is -0.190. The van der Waals surface area contributed by atoms with Crippen molar-refractivity contribution in [3.63, 3.8) is 0 Å². The van der Waals surface area contributed by atoms with Gasteiger partial charge in [-0.3, -0.25) is 0 Å². The lowest BCUT2D eigenvalue weighted by Crippen LogP contribution is -2.18. The first kappa shape index (κ1) is 17.9. The van der Waals surface area contributed by atoms with Gasteiger partial charge in [-0.05, 0) is 54.0 Å². The fourth-order valence-electron chi connectivity index (χ4n) is 3.70. The quantitative estimate of drug-likeness (QED) is 0.491. The molecule has 0 bridgehead atoms. The molecule has 2 heteroatoms. The van der Waals surface area contributed by atoms with Crippen LogP contribution in [0.15, 0.2) is 66.7 Å². The topological polar surface area (TPSA) is 9.23 Å². The molecule has 4 rings (SSSR count). The number of aryl methyl sites for hydroxylation is 1. The smallest absolute Gasteiger partial charge is 0.131 e. The van der Waals surface area contributed by atoms with E-state index in [4.69, 9.17) is 4.74 Å². The van der Waals surface area contributed by atoms with E-state index in [-0.39, 0.29) is 11.9 Å². The molecule has 0 radical (unpaired) electrons. The van der Waals surface area contributed by atoms with Gasteiger partial charge in [0.15, 0.2) is 0 Å². The Hall–Kier alpha value is -2.45. The van der Waals surface area contributed by atoms with Crippen molar-refractivity contribution in [2.45, 2.75) is 32.8 Å². The van der Waals surface area contributed by atoms with E-state index in [1.165, 1.54) is 17.5 Å². The van der Waals surface area contributed by atoms with E-state index in [0.29, 0.717) is 11.5 Å². The summed E-state index contributed by atoms with van der Waals surface area (Å²) < 4.78 is 20.7. The van der Waals surface area contributed by atoms with Gasteiger partial charge < -0.3 is 4.74 Å². The molecule has 0 saturated carbocycles. The average Bonchev–Trinajstić information content (AvgIpc) is 2.69. The van der Waals surface area contributed by atoms with E-state index >= 15 is 0 Å². The third-order valence-electron chi connectivity index (χ3n) is 5.45. The van der Waals surface area contributed by atoms with Crippen LogP contribution >= 0.6 is 0 Å². The molecule has 138 valence electrons. The van der Waals surface area contributed by atoms with Crippen molar-refractivity contribution in [1.29, 1.82) is 0 Å². The van der Waals surface area contributed by atoms with Crippen LogP contribution in [0.3, 0.4) is 0 Å². The summed E-state index contributed by atoms with van der Waals surface area (Å²) in [5, 5.41) is 0. The molecule has 1 saturated heterocycles. The molecule has 0 aromatic heterocycles. The van der Waals surface area contributed by atoms with Gasteiger partial charge in [0.1, 0.15) is 5.82 Å². The van der Waals surface area contributed by atoms with Crippen LogP contribution in [0.1, 0.15) is 37.0 Å². The van der Waals surface area contributed by atoms with Gasteiger partial charge in [-0.15, -0.1) is 0 Å². The molecule has 3 aromatic rings. The van der Waals surface area contributed by atoms with Gasteiger partial charge in [0.25, 0.3) is 0 Å². The van der Waals surface area contributed by atoms with E-state index in [1.54, 1.807) is 6.07 Å². The van der Waals surface area contributed by atoms with Crippen LogP contribution in [0.4, 0.5) is 4.39 Å². The van der Waals surface area contributed by atoms with Gasteiger partial charge in [0.05, 0.1) is 6.10 Å². The Balaban J connectivity index is 1.55. The monoisotopic (exact) mass is 360 g/mol. The summed E-state index contributed by atoms with van der Waals surface area (Å²) in [6, 6.07) is 21.8. The highest BCUT2D eigenvalue weighted by Crippen LogP contribution is 2.32. The van der Waals surface area contributed by atoms with Crippen LogP contribution in [0, 0.1) is 18.7 Å². The minimum Gasteiger partial charge on any atom is -0.373 e. The summed E-state index contributed by atoms with van der Waals surface area (Å²) in [6.45, 7) is 5.10. The van der Waals surface area contributed by atoms with Gasteiger partial charge in [-0.25, -0.2) is 4.39 Å². The molecule has 0 N–H and O–H groups in total. The predicted molar refractivity (Wildman–Crippen MR) is 109 cm³/mol. The van der Waals surface area contributed by atoms with Crippen molar-refractivity contribution in [2.24, 2.45) is 5.92 Å². The van der Waals surface area contributed by atoms with Crippen LogP contribution in [0.5, 0.6) is 0 Å². The zero-order valence-electron chi connectivity index (χ0n) is 15.9. The Labute approximate surface area is 160 Å². The lowest BCUT2D eigenvalue weighted by Gasteiger charge is -2.27. The normalized spacial score (nSPS) is 19.8. The van der Waals surface area contributed by atoms with Crippen molar-refractivity contribution >= 4 is 0 Å². The van der Waals surface area contributed by atoms with Gasteiger partial charge >= 0.3 is 0 Å². The Bertz CT molecular complexity index is 904. The minimum absolute atomic E-state index is 0.190. The molecule has 27 heavy (non-hydrogen) atoms. The van der Waals surface area contributed by atoms with Gasteiger partial charge in [0, 0.05) is 12.2 Å². The standard InChI is InChI=1S/C25H25FO/c1-17-3-6-20(7-4-17)23-13-12-22(15-24(23)26)19-8-10-21(11-9-19)25-14-5-18(2)16-27-25/h3-4,6-13,15,18,25H,5,14,16H2,1-2H3. The first-order valence-corrected chi connectivity index (χ1v) is 9.68. The first-order valence-electron chi connectivity index (χ1n) is 9.68. The van der Waals surface area contributed by atoms with Gasteiger partial charge in [0.2, 0.25) is 0 Å². The second-order valence-electron chi connectivity index (χ2n) is 7.69. The molecule has 2 atom stereocenters. The fraction of sp³-hybridized carbons (Fsp3) is 0.280. The van der Waals surface area contributed by atoms with E-state index < -0.39 is 0 Å². The van der Waals surface area contributed by atoms with E-state index in [2.05, 4.69) is 31.2 Å². The van der Waals surface area contributed by atoms with E-state index in [0.717, 1.165) is 29.7 Å². The molecule has 1 heterocycles. The van der Waals surface area contributed by atoms with Crippen LogP contribution in [-0.4, -0.2) is 6.61 Å². The van der Waals surface area contributed by atoms with Crippen molar-refractivity contribution in [3.05, 3.63) is 83.7 Å². The SMILES string of the molecule is Cc1ccc(-c2ccc(-c3ccc(C4CCC(C)CO4)cc3)cc2F)cc1. The first-order chi connectivity index (χ1) is 13.1. The lowest BCUT2D eigenvalue weighted by atomic mass is 9.94. The van der Waals surface area contributed by atoms with Gasteiger partial charge in [-0.2, -0.15) is 0 Å². The van der Waals surface area contributed by atoms with Crippen LogP contribution < -0.4 is 0 Å². The molecule has 2 unspecified atom stereocenters. The zero-order valence-corrected chi connectivity index (χ0v) is 15.9. The van der Waals surface area contributed by atoms with Crippen molar-refractivity contribution < 1.29 is 9.13 Å². The molecular weight excluding hydrogens is 335 g/mol. The molecule has 1 nitrogen and oxygen atoms in total. The molecule has 1 fully saturated rings. The molecule has 0 aliphatic carbocycles. The average molecular weight is 360 g/mol. The Morgan fingerprint density at radius 1 is 0.815 bits per heavy atom. The maximum absolute atomic E-state index is 14.7. The number of hydrogen-bond acceptors (Lipinski definition) is 1. The zero-order chi connectivity index (χ0) is 18.8. The summed E-state index contributed by atoms with van der Waals surface area (Å²) in [6.07, 6.45) is 2.47. The predicted octanol–water partition coefficient (Wildman–Crippen LogP) is 6.96. The third-order valence-corrected chi connectivity index (χ3v) is 5.45. The number of hydrogen-bond donors (Lipinski definition) is 0. The summed E-state index contributed by atoms with van der Waals surface area (Å²) >= 11 is 0. The summed E-state index contributed by atoms with van der Waals surface area (Å²) in [4.78, 5) is 0. The maximum Gasteiger partial charge on any atom is 0.131 e. The molecule has 1 aliphatic rings. The number of benzene rings is 3. The van der Waals surface area contributed by atoms with Crippen molar-refractivity contribution in [2.75, 3.05) is 6.61 Å². The second kappa shape index (κ2) is 7.66. The number of ether oxygens (including phenoxy) is 1. The van der Waals surface area contributed by atoms with E-state index in [9.17, 15) is 4.39 Å². The largest absolute Gasteiger partial charge is 0.373 e. The third kappa shape index (κ3) is 3.96. The molecule has 0 spiro atoms. The highest BCUT2D eigenvalue weighted by Gasteiger charge is 2.20. The summed E-state index contributed by atoms with van der Waals surface area (Å²) in [7, 11) is 0. The summed E-state index contributed by atoms with van der Waals surface area (Å²) in [5.41, 5.74) is 5.85. The Morgan fingerprint density at radius 3 is 2.11 bits per heavy atom. The molecule has 1 aliphatic heterocycles. The van der Waals surface area contributed by atoms with Gasteiger partial charge in [-0.1, -0.05) is 73.2 Å². The van der Waals surface area contributed by atoms with Crippen molar-refractivity contribution in [3.8, 4) is 22.3 Å². The maximum atomic E-state index is 14.7. The number of halogens is 1. The molecule has 3 aromatic carbocycles. The Kier molecular flexibility index (Phi) is 5.09. The van der Waals surface area contributed by atoms with E-state index in [1.807, 2.05) is 43.3 Å². The molecule has 0 amide bonds. The van der Waals surface area contributed by atoms with Crippen LogP contribution in [-0.2, 0) is 4.74 Å². The van der Waals surface area contributed by atoms with Crippen molar-refractivity contribution in [1.82, 2.24) is 0 Å². The highest BCUT2D eigenvalue weighted by molar-refractivity contribution is 5.71. The fourth-order valence-corrected chi connectivity index (χ4v) is 3.70. The Morgan fingerprint density at radius 2 is 1.48 bits per heavy atom. The van der Waals surface area contributed by atoms with Crippen LogP contribution in [0.25, 0.3) is 22.3 Å². The second-order valence-corrected chi connectivity index (χ2v) is 7.69. The molecular formula is C25H25FO.